The predicted molar refractivity (Wildman–Crippen MR) is 138 cm³/mol. The molecule has 2 aliphatic rings. The number of nitrogens with zero attached hydrogens (tertiary/aromatic N) is 1. The van der Waals surface area contributed by atoms with Gasteiger partial charge in [0.1, 0.15) is 16.7 Å². The summed E-state index contributed by atoms with van der Waals surface area (Å²) < 4.78 is 21.8. The number of carbonyl (C=O) groups excluding carboxylic acids is 2. The first kappa shape index (κ1) is 24.1. The Morgan fingerprint density at radius 1 is 0.944 bits per heavy atom. The van der Waals surface area contributed by atoms with Crippen LogP contribution < -0.4 is 10.6 Å². The van der Waals surface area contributed by atoms with E-state index in [2.05, 4.69) is 16.7 Å². The summed E-state index contributed by atoms with van der Waals surface area (Å²) >= 11 is 0. The second-order valence-electron chi connectivity index (χ2n) is 10.1. The molecular weight excluding hydrogens is 474 g/mol. The lowest BCUT2D eigenvalue weighted by atomic mass is 9.80. The third-order valence-corrected chi connectivity index (χ3v) is 8.43. The monoisotopic (exact) mass is 503 g/mol. The minimum Gasteiger partial charge on any atom is -0.451 e. The molecule has 2 aromatic carbocycles. The van der Waals surface area contributed by atoms with E-state index in [-0.39, 0.29) is 11.7 Å². The van der Waals surface area contributed by atoms with Crippen molar-refractivity contribution < 1.29 is 14.0 Å². The maximum Gasteiger partial charge on any atom is 0.287 e. The van der Waals surface area contributed by atoms with Crippen molar-refractivity contribution in [3.63, 3.8) is 0 Å². The molecule has 0 radical (unpaired) electrons. The van der Waals surface area contributed by atoms with Gasteiger partial charge in [-0.1, -0.05) is 43.5 Å². The zero-order chi connectivity index (χ0) is 25.6. The number of carbonyl (C=O) groups is 2. The van der Waals surface area contributed by atoms with Crippen LogP contribution in [0.2, 0.25) is 0 Å². The van der Waals surface area contributed by atoms with E-state index < -0.39 is 26.6 Å². The normalized spacial score (nSPS) is 18.2. The summed E-state index contributed by atoms with van der Waals surface area (Å²) in [6.45, 7) is 0. The van der Waals surface area contributed by atoms with Gasteiger partial charge in [0, 0.05) is 16.5 Å². The van der Waals surface area contributed by atoms with Crippen molar-refractivity contribution in [2.45, 2.75) is 60.9 Å². The molecule has 0 saturated heterocycles. The first-order valence-electron chi connectivity index (χ1n) is 12.1. The Morgan fingerprint density at radius 3 is 2.22 bits per heavy atom. The van der Waals surface area contributed by atoms with Gasteiger partial charge >= 0.3 is 0 Å². The fourth-order valence-electron chi connectivity index (χ4n) is 4.81. The van der Waals surface area contributed by atoms with Gasteiger partial charge in [-0.15, -0.1) is 0 Å². The molecule has 1 heterocycles. The van der Waals surface area contributed by atoms with Crippen LogP contribution in [0.5, 0.6) is 0 Å². The lowest BCUT2D eigenvalue weighted by Crippen LogP contribution is -2.61. The highest BCUT2D eigenvalue weighted by Gasteiger charge is 2.50. The third kappa shape index (κ3) is 4.61. The highest BCUT2D eigenvalue weighted by molar-refractivity contribution is 7.92. The average molecular weight is 504 g/mol. The van der Waals surface area contributed by atoms with Crippen molar-refractivity contribution in [3.8, 4) is 17.2 Å². The average Bonchev–Trinajstić information content (AvgIpc) is 3.51. The maximum absolute atomic E-state index is 13.2. The topological polar surface area (TPSA) is 143 Å². The summed E-state index contributed by atoms with van der Waals surface area (Å²) in [5.74, 6) is -0.585. The summed E-state index contributed by atoms with van der Waals surface area (Å²) in [4.78, 5) is 27.2. The Labute approximate surface area is 210 Å². The summed E-state index contributed by atoms with van der Waals surface area (Å²) in [6.07, 6.45) is 6.62. The van der Waals surface area contributed by atoms with Crippen molar-refractivity contribution in [1.82, 2.24) is 10.6 Å². The first-order chi connectivity index (χ1) is 17.1. The Morgan fingerprint density at radius 2 is 1.61 bits per heavy atom. The molecule has 0 aliphatic heterocycles. The minimum atomic E-state index is -2.28. The molecular formula is C27H29N5O3S. The van der Waals surface area contributed by atoms with Crippen LogP contribution in [0.3, 0.4) is 0 Å². The van der Waals surface area contributed by atoms with E-state index in [1.54, 1.807) is 12.3 Å². The molecule has 0 unspecified atom stereocenters. The van der Waals surface area contributed by atoms with Crippen molar-refractivity contribution >= 4 is 32.4 Å². The molecule has 2 aliphatic carbocycles. The molecule has 2 saturated carbocycles. The van der Waals surface area contributed by atoms with Crippen molar-refractivity contribution in [3.05, 3.63) is 54.3 Å². The molecule has 36 heavy (non-hydrogen) atoms. The number of nitriles is 1. The standard InChI is InChI=1S/C27H29N5O3S/c1-36(29,30)21-9-7-18(8-10-21)19-5-6-20-16-23(35-22(20)15-19)24(33)31-27(11-3-2-4-12-27)25(34)32-26(17-28)13-14-26/h5-10,15-16,29-30H,2-4,11-14H2,1H3,(H,31,33)(H,32,34). The van der Waals surface area contributed by atoms with Crippen LogP contribution in [-0.4, -0.2) is 29.1 Å². The van der Waals surface area contributed by atoms with Crippen LogP contribution in [0.25, 0.3) is 22.1 Å². The number of furan rings is 1. The molecule has 2 amide bonds. The van der Waals surface area contributed by atoms with Crippen LogP contribution in [0.1, 0.15) is 55.5 Å². The molecule has 3 aromatic rings. The second kappa shape index (κ2) is 8.79. The summed E-state index contributed by atoms with van der Waals surface area (Å²) in [7, 11) is -2.28. The lowest BCUT2D eigenvalue weighted by Gasteiger charge is -2.37. The van der Waals surface area contributed by atoms with Gasteiger partial charge in [0.25, 0.3) is 5.91 Å². The Bertz CT molecular complexity index is 1490. The van der Waals surface area contributed by atoms with E-state index >= 15 is 0 Å². The molecule has 2 fully saturated rings. The van der Waals surface area contributed by atoms with Crippen molar-refractivity contribution in [2.24, 2.45) is 0 Å². The molecule has 0 bridgehead atoms. The molecule has 4 N–H and O–H groups in total. The van der Waals surface area contributed by atoms with Gasteiger partial charge in [0.15, 0.2) is 5.76 Å². The highest BCUT2D eigenvalue weighted by Crippen LogP contribution is 2.37. The van der Waals surface area contributed by atoms with Gasteiger partial charge in [-0.3, -0.25) is 19.1 Å². The van der Waals surface area contributed by atoms with Gasteiger partial charge < -0.3 is 15.1 Å². The van der Waals surface area contributed by atoms with Crippen LogP contribution >= 0.6 is 0 Å². The molecule has 0 atom stereocenters. The third-order valence-electron chi connectivity index (χ3n) is 7.21. The van der Waals surface area contributed by atoms with E-state index in [4.69, 9.17) is 14.0 Å². The summed E-state index contributed by atoms with van der Waals surface area (Å²) in [5, 5.41) is 16.0. The van der Waals surface area contributed by atoms with E-state index in [1.165, 1.54) is 0 Å². The Hall–Kier alpha value is -3.64. The lowest BCUT2D eigenvalue weighted by molar-refractivity contribution is -0.129. The number of fused-ring (bicyclic) bond motifs is 1. The molecule has 8 nitrogen and oxygen atoms in total. The summed E-state index contributed by atoms with van der Waals surface area (Å²) in [5.41, 5.74) is 0.551. The van der Waals surface area contributed by atoms with Gasteiger partial charge in [0.05, 0.1) is 6.07 Å². The first-order valence-corrected chi connectivity index (χ1v) is 14.2. The van der Waals surface area contributed by atoms with Crippen LogP contribution in [0, 0.1) is 20.9 Å². The smallest absolute Gasteiger partial charge is 0.287 e. The number of amides is 2. The van der Waals surface area contributed by atoms with Gasteiger partial charge in [0.2, 0.25) is 5.91 Å². The van der Waals surface area contributed by atoms with E-state index in [1.807, 2.05) is 42.5 Å². The van der Waals surface area contributed by atoms with Crippen LogP contribution in [0.4, 0.5) is 0 Å². The van der Waals surface area contributed by atoms with E-state index in [0.717, 1.165) is 35.8 Å². The zero-order valence-electron chi connectivity index (χ0n) is 20.1. The van der Waals surface area contributed by atoms with Crippen molar-refractivity contribution in [1.29, 1.82) is 14.8 Å². The van der Waals surface area contributed by atoms with Gasteiger partial charge in [-0.05, 0) is 70.7 Å². The van der Waals surface area contributed by atoms with Crippen molar-refractivity contribution in [2.75, 3.05) is 6.26 Å². The Balaban J connectivity index is 1.38. The molecule has 1 aromatic heterocycles. The molecule has 186 valence electrons. The SMILES string of the molecule is CS(=N)(=N)c1ccc(-c2ccc3cc(C(=O)NC4(C(=O)NC5(C#N)CC5)CCCCC4)oc3c2)cc1. The van der Waals surface area contributed by atoms with E-state index in [9.17, 15) is 14.9 Å². The number of nitrogens with one attached hydrogen (secondary N) is 4. The Kier molecular flexibility index (Phi) is 5.87. The number of hydrogen-bond acceptors (Lipinski definition) is 6. The van der Waals surface area contributed by atoms with Gasteiger partial charge in [-0.25, -0.2) is 0 Å². The second-order valence-corrected chi connectivity index (χ2v) is 12.4. The maximum atomic E-state index is 13.2. The predicted octanol–water partition coefficient (Wildman–Crippen LogP) is 5.37. The highest BCUT2D eigenvalue weighted by atomic mass is 32.2. The molecule has 5 rings (SSSR count). The van der Waals surface area contributed by atoms with E-state index in [0.29, 0.717) is 36.2 Å². The zero-order valence-corrected chi connectivity index (χ0v) is 21.0. The number of hydrogen-bond donors (Lipinski definition) is 4. The molecule has 0 spiro atoms. The fourth-order valence-corrected chi connectivity index (χ4v) is 5.49. The molecule has 9 heteroatoms. The minimum absolute atomic E-state index is 0.138. The number of rotatable bonds is 6. The fraction of sp³-hybridized carbons (Fsp3) is 0.370. The van der Waals surface area contributed by atoms with Crippen LogP contribution in [-0.2, 0) is 14.4 Å². The quantitative estimate of drug-likeness (QED) is 0.358. The largest absolute Gasteiger partial charge is 0.451 e. The van der Waals surface area contributed by atoms with Gasteiger partial charge in [-0.2, -0.15) is 5.26 Å². The number of benzene rings is 2. The summed E-state index contributed by atoms with van der Waals surface area (Å²) in [6, 6.07) is 17.0. The van der Waals surface area contributed by atoms with Crippen LogP contribution in [0.15, 0.2) is 57.8 Å².